The first-order chi connectivity index (χ1) is 9.81. The molecule has 3 rings (SSSR count). The number of rotatable bonds is 4. The zero-order chi connectivity index (χ0) is 13.8. The topological polar surface area (TPSA) is 24.9 Å². The molecule has 1 heterocycles. The monoisotopic (exact) mass is 266 g/mol. The summed E-state index contributed by atoms with van der Waals surface area (Å²) in [4.78, 5) is 4.55. The normalized spacial score (nSPS) is 10.7. The molecule has 0 amide bonds. The summed E-state index contributed by atoms with van der Waals surface area (Å²) >= 11 is 0. The van der Waals surface area contributed by atoms with E-state index in [-0.39, 0.29) is 5.82 Å². The minimum atomic E-state index is -0.196. The van der Waals surface area contributed by atoms with E-state index in [4.69, 9.17) is 0 Å². The van der Waals surface area contributed by atoms with Crippen molar-refractivity contribution in [1.82, 2.24) is 4.98 Å². The fourth-order valence-electron chi connectivity index (χ4n) is 2.15. The number of benzene rings is 2. The van der Waals surface area contributed by atoms with Gasteiger partial charge in [0.25, 0.3) is 0 Å². The van der Waals surface area contributed by atoms with Crippen LogP contribution in [0.3, 0.4) is 0 Å². The van der Waals surface area contributed by atoms with E-state index in [2.05, 4.69) is 16.4 Å². The zero-order valence-electron chi connectivity index (χ0n) is 11.0. The van der Waals surface area contributed by atoms with Gasteiger partial charge in [0.15, 0.2) is 0 Å². The number of halogens is 1. The second-order valence-corrected chi connectivity index (χ2v) is 4.69. The molecule has 20 heavy (non-hydrogen) atoms. The molecular formula is C17H15FN2. The van der Waals surface area contributed by atoms with Gasteiger partial charge in [-0.15, -0.1) is 0 Å². The number of anilines is 1. The van der Waals surface area contributed by atoms with Crippen LogP contribution < -0.4 is 5.32 Å². The smallest absolute Gasteiger partial charge is 0.126 e. The van der Waals surface area contributed by atoms with Crippen LogP contribution in [0.5, 0.6) is 0 Å². The molecule has 2 aromatic carbocycles. The lowest BCUT2D eigenvalue weighted by Gasteiger charge is -2.07. The Bertz CT molecular complexity index is 708. The summed E-state index contributed by atoms with van der Waals surface area (Å²) < 4.78 is 12.8. The third-order valence-corrected chi connectivity index (χ3v) is 3.23. The van der Waals surface area contributed by atoms with Gasteiger partial charge in [-0.2, -0.15) is 0 Å². The predicted molar refractivity (Wildman–Crippen MR) is 80.3 cm³/mol. The summed E-state index contributed by atoms with van der Waals surface area (Å²) in [6, 6.07) is 18.7. The maximum absolute atomic E-state index is 12.8. The molecule has 0 aliphatic heterocycles. The molecule has 0 atom stereocenters. The fraction of sp³-hybridized carbons (Fsp3) is 0.118. The third-order valence-electron chi connectivity index (χ3n) is 3.23. The van der Waals surface area contributed by atoms with Crippen LogP contribution in [0.15, 0.2) is 60.7 Å². The Labute approximate surface area is 117 Å². The Morgan fingerprint density at radius 3 is 2.55 bits per heavy atom. The highest BCUT2D eigenvalue weighted by Gasteiger charge is 1.98. The molecule has 1 aromatic heterocycles. The van der Waals surface area contributed by atoms with Gasteiger partial charge < -0.3 is 5.32 Å². The van der Waals surface area contributed by atoms with Crippen LogP contribution in [-0.4, -0.2) is 11.5 Å². The first kappa shape index (κ1) is 12.6. The Kier molecular flexibility index (Phi) is 3.59. The zero-order valence-corrected chi connectivity index (χ0v) is 11.0. The molecule has 0 saturated carbocycles. The van der Waals surface area contributed by atoms with E-state index >= 15 is 0 Å². The van der Waals surface area contributed by atoms with Crippen LogP contribution in [0.4, 0.5) is 10.2 Å². The number of fused-ring (bicyclic) bond motifs is 1. The molecule has 3 heteroatoms. The minimum absolute atomic E-state index is 0.196. The van der Waals surface area contributed by atoms with Gasteiger partial charge in [0.05, 0.1) is 5.52 Å². The number of hydrogen-bond acceptors (Lipinski definition) is 2. The van der Waals surface area contributed by atoms with E-state index in [1.54, 1.807) is 0 Å². The molecule has 100 valence electrons. The molecule has 0 aliphatic carbocycles. The molecule has 0 spiro atoms. The quantitative estimate of drug-likeness (QED) is 0.771. The van der Waals surface area contributed by atoms with Gasteiger partial charge in [-0.05, 0) is 42.3 Å². The van der Waals surface area contributed by atoms with E-state index in [0.717, 1.165) is 35.2 Å². The van der Waals surface area contributed by atoms with Crippen molar-refractivity contribution in [2.45, 2.75) is 6.42 Å². The van der Waals surface area contributed by atoms with Gasteiger partial charge in [-0.3, -0.25) is 0 Å². The highest BCUT2D eigenvalue weighted by atomic mass is 19.1. The number of pyridine rings is 1. The number of nitrogens with zero attached hydrogens (tertiary/aromatic N) is 1. The lowest BCUT2D eigenvalue weighted by Crippen LogP contribution is -2.06. The summed E-state index contributed by atoms with van der Waals surface area (Å²) in [6.07, 6.45) is 0.842. The van der Waals surface area contributed by atoms with Crippen LogP contribution in [0, 0.1) is 5.82 Å². The number of nitrogens with one attached hydrogen (secondary N) is 1. The first-order valence-electron chi connectivity index (χ1n) is 6.65. The fourth-order valence-corrected chi connectivity index (χ4v) is 2.15. The molecule has 0 saturated heterocycles. The average Bonchev–Trinajstić information content (AvgIpc) is 2.49. The number of aromatic nitrogens is 1. The second kappa shape index (κ2) is 5.70. The summed E-state index contributed by atoms with van der Waals surface area (Å²) in [6.45, 7) is 0.775. The van der Waals surface area contributed by atoms with Crippen molar-refractivity contribution in [3.8, 4) is 0 Å². The van der Waals surface area contributed by atoms with E-state index in [9.17, 15) is 4.39 Å². The molecule has 0 radical (unpaired) electrons. The molecule has 0 fully saturated rings. The van der Waals surface area contributed by atoms with E-state index in [1.807, 2.05) is 42.5 Å². The molecule has 1 N–H and O–H groups in total. The van der Waals surface area contributed by atoms with Crippen LogP contribution >= 0.6 is 0 Å². The van der Waals surface area contributed by atoms with E-state index in [1.165, 1.54) is 12.1 Å². The molecule has 2 nitrogen and oxygen atoms in total. The van der Waals surface area contributed by atoms with Gasteiger partial charge in [-0.25, -0.2) is 9.37 Å². The van der Waals surface area contributed by atoms with Crippen molar-refractivity contribution < 1.29 is 4.39 Å². The highest BCUT2D eigenvalue weighted by molar-refractivity contribution is 5.80. The Balaban J connectivity index is 1.63. The van der Waals surface area contributed by atoms with Crippen LogP contribution in [0.2, 0.25) is 0 Å². The van der Waals surface area contributed by atoms with Crippen molar-refractivity contribution in [1.29, 1.82) is 0 Å². The summed E-state index contributed by atoms with van der Waals surface area (Å²) in [5, 5.41) is 4.43. The predicted octanol–water partition coefficient (Wildman–Crippen LogP) is 4.03. The van der Waals surface area contributed by atoms with Gasteiger partial charge in [-0.1, -0.05) is 30.3 Å². The average molecular weight is 266 g/mol. The van der Waals surface area contributed by atoms with Crippen molar-refractivity contribution in [3.05, 3.63) is 72.0 Å². The minimum Gasteiger partial charge on any atom is -0.370 e. The molecule has 3 aromatic rings. The van der Waals surface area contributed by atoms with Crippen molar-refractivity contribution in [2.24, 2.45) is 0 Å². The van der Waals surface area contributed by atoms with E-state index in [0.29, 0.717) is 0 Å². The SMILES string of the molecule is Fc1ccc(CCNc2ccc3ccccc3n2)cc1. The lowest BCUT2D eigenvalue weighted by molar-refractivity contribution is 0.627. The second-order valence-electron chi connectivity index (χ2n) is 4.69. The van der Waals surface area contributed by atoms with E-state index < -0.39 is 0 Å². The number of hydrogen-bond donors (Lipinski definition) is 1. The standard InChI is InChI=1S/C17H15FN2/c18-15-8-5-13(6-9-15)11-12-19-17-10-7-14-3-1-2-4-16(14)20-17/h1-10H,11-12H2,(H,19,20). The molecular weight excluding hydrogens is 251 g/mol. The summed E-state index contributed by atoms with van der Waals surface area (Å²) in [7, 11) is 0. The Morgan fingerprint density at radius 1 is 0.900 bits per heavy atom. The first-order valence-corrected chi connectivity index (χ1v) is 6.65. The molecule has 0 unspecified atom stereocenters. The van der Waals surface area contributed by atoms with Crippen LogP contribution in [0.1, 0.15) is 5.56 Å². The third kappa shape index (κ3) is 2.94. The Morgan fingerprint density at radius 2 is 1.70 bits per heavy atom. The Hall–Kier alpha value is -2.42. The van der Waals surface area contributed by atoms with Gasteiger partial charge in [0.2, 0.25) is 0 Å². The highest BCUT2D eigenvalue weighted by Crippen LogP contribution is 2.14. The van der Waals surface area contributed by atoms with Crippen molar-refractivity contribution in [2.75, 3.05) is 11.9 Å². The van der Waals surface area contributed by atoms with Crippen LogP contribution in [0.25, 0.3) is 10.9 Å². The summed E-state index contributed by atoms with van der Waals surface area (Å²) in [5.41, 5.74) is 2.10. The number of para-hydroxylation sites is 1. The largest absolute Gasteiger partial charge is 0.370 e. The van der Waals surface area contributed by atoms with Gasteiger partial charge in [0, 0.05) is 11.9 Å². The molecule has 0 aliphatic rings. The van der Waals surface area contributed by atoms with Crippen molar-refractivity contribution in [3.63, 3.8) is 0 Å². The van der Waals surface area contributed by atoms with Crippen LogP contribution in [-0.2, 0) is 6.42 Å². The maximum Gasteiger partial charge on any atom is 0.126 e. The van der Waals surface area contributed by atoms with Gasteiger partial charge >= 0.3 is 0 Å². The van der Waals surface area contributed by atoms with Crippen molar-refractivity contribution >= 4 is 16.7 Å². The summed E-state index contributed by atoms with van der Waals surface area (Å²) in [5.74, 6) is 0.670. The lowest BCUT2D eigenvalue weighted by atomic mass is 10.1. The molecule has 0 bridgehead atoms. The maximum atomic E-state index is 12.8. The van der Waals surface area contributed by atoms with Gasteiger partial charge in [0.1, 0.15) is 11.6 Å².